The van der Waals surface area contributed by atoms with E-state index in [-0.39, 0.29) is 29.8 Å². The average molecular weight is 380 g/mol. The molecule has 2 atom stereocenters. The number of para-hydroxylation sites is 1. The predicted octanol–water partition coefficient (Wildman–Crippen LogP) is 4.56. The van der Waals surface area contributed by atoms with E-state index in [0.717, 1.165) is 29.0 Å². The zero-order valence-corrected chi connectivity index (χ0v) is 16.9. The normalized spacial score (nSPS) is 17.9. The highest BCUT2D eigenvalue weighted by atomic mass is 16.5. The van der Waals surface area contributed by atoms with E-state index in [4.69, 9.17) is 4.74 Å². The van der Waals surface area contributed by atoms with Gasteiger partial charge in [-0.25, -0.2) is 0 Å². The van der Waals surface area contributed by atoms with Gasteiger partial charge >= 0.3 is 0 Å². The van der Waals surface area contributed by atoms with Gasteiger partial charge in [-0.3, -0.25) is 9.59 Å². The van der Waals surface area contributed by atoms with Crippen molar-refractivity contribution >= 4 is 23.2 Å². The van der Waals surface area contributed by atoms with Gasteiger partial charge in [-0.2, -0.15) is 0 Å². The Balaban J connectivity index is 1.56. The standard InChI is InChI=1S/C23H28N2O3/c1-5-16-8-6-7-15(4)21(16)25-23(27)20-13-19(20)22(26)24-17-9-11-18(12-10-17)28-14(2)3/h6-12,14,19-20H,5,13H2,1-4H3,(H,24,26)(H,25,27). The molecule has 2 amide bonds. The number of nitrogens with one attached hydrogen (secondary N) is 2. The maximum absolute atomic E-state index is 12.6. The van der Waals surface area contributed by atoms with Crippen molar-refractivity contribution in [2.45, 2.75) is 46.6 Å². The smallest absolute Gasteiger partial charge is 0.228 e. The Morgan fingerprint density at radius 1 is 1.04 bits per heavy atom. The lowest BCUT2D eigenvalue weighted by atomic mass is 10.1. The molecule has 3 rings (SSSR count). The second-order valence-electron chi connectivity index (χ2n) is 7.58. The zero-order chi connectivity index (χ0) is 20.3. The van der Waals surface area contributed by atoms with Crippen molar-refractivity contribution in [2.24, 2.45) is 11.8 Å². The van der Waals surface area contributed by atoms with E-state index >= 15 is 0 Å². The van der Waals surface area contributed by atoms with Crippen LogP contribution in [0, 0.1) is 18.8 Å². The molecule has 1 saturated carbocycles. The van der Waals surface area contributed by atoms with Gasteiger partial charge in [0.05, 0.1) is 17.9 Å². The fourth-order valence-electron chi connectivity index (χ4n) is 3.32. The van der Waals surface area contributed by atoms with Crippen molar-refractivity contribution < 1.29 is 14.3 Å². The first kappa shape index (κ1) is 19.9. The third-order valence-electron chi connectivity index (χ3n) is 4.95. The van der Waals surface area contributed by atoms with E-state index in [1.165, 1.54) is 0 Å². The summed E-state index contributed by atoms with van der Waals surface area (Å²) in [5, 5.41) is 5.92. The summed E-state index contributed by atoms with van der Waals surface area (Å²) in [5.74, 6) is 0.0261. The van der Waals surface area contributed by atoms with E-state index in [9.17, 15) is 9.59 Å². The molecule has 5 heteroatoms. The summed E-state index contributed by atoms with van der Waals surface area (Å²) in [5.41, 5.74) is 3.73. The summed E-state index contributed by atoms with van der Waals surface area (Å²) < 4.78 is 5.60. The van der Waals surface area contributed by atoms with Crippen LogP contribution in [0.2, 0.25) is 0 Å². The van der Waals surface area contributed by atoms with E-state index in [1.807, 2.05) is 63.2 Å². The summed E-state index contributed by atoms with van der Waals surface area (Å²) in [4.78, 5) is 25.1. The van der Waals surface area contributed by atoms with Crippen LogP contribution < -0.4 is 15.4 Å². The third-order valence-corrected chi connectivity index (χ3v) is 4.95. The first-order chi connectivity index (χ1) is 13.4. The lowest BCUT2D eigenvalue weighted by Gasteiger charge is -2.13. The highest BCUT2D eigenvalue weighted by Crippen LogP contribution is 2.40. The minimum atomic E-state index is -0.277. The lowest BCUT2D eigenvalue weighted by molar-refractivity contribution is -0.122. The van der Waals surface area contributed by atoms with E-state index in [1.54, 1.807) is 0 Å². The number of amides is 2. The first-order valence-electron chi connectivity index (χ1n) is 9.86. The Morgan fingerprint density at radius 3 is 2.29 bits per heavy atom. The van der Waals surface area contributed by atoms with E-state index in [0.29, 0.717) is 12.1 Å². The Morgan fingerprint density at radius 2 is 1.68 bits per heavy atom. The monoisotopic (exact) mass is 380 g/mol. The zero-order valence-electron chi connectivity index (χ0n) is 16.9. The minimum Gasteiger partial charge on any atom is -0.491 e. The average Bonchev–Trinajstić information content (AvgIpc) is 3.45. The largest absolute Gasteiger partial charge is 0.491 e. The second-order valence-corrected chi connectivity index (χ2v) is 7.58. The molecular formula is C23H28N2O3. The molecule has 0 saturated heterocycles. The fourth-order valence-corrected chi connectivity index (χ4v) is 3.32. The lowest BCUT2D eigenvalue weighted by Crippen LogP contribution is -2.21. The van der Waals surface area contributed by atoms with Gasteiger partial charge < -0.3 is 15.4 Å². The molecule has 5 nitrogen and oxygen atoms in total. The van der Waals surface area contributed by atoms with Crippen LogP contribution in [-0.4, -0.2) is 17.9 Å². The maximum atomic E-state index is 12.6. The van der Waals surface area contributed by atoms with E-state index in [2.05, 4.69) is 17.6 Å². The number of carbonyl (C=O) groups is 2. The van der Waals surface area contributed by atoms with Gasteiger partial charge in [-0.05, 0) is 69.0 Å². The Kier molecular flexibility index (Phi) is 6.02. The summed E-state index contributed by atoms with van der Waals surface area (Å²) in [7, 11) is 0. The quantitative estimate of drug-likeness (QED) is 0.740. The predicted molar refractivity (Wildman–Crippen MR) is 112 cm³/mol. The molecule has 0 heterocycles. The van der Waals surface area contributed by atoms with Gasteiger partial charge in [-0.15, -0.1) is 0 Å². The van der Waals surface area contributed by atoms with Crippen LogP contribution in [0.15, 0.2) is 42.5 Å². The van der Waals surface area contributed by atoms with Gasteiger partial charge in [0.15, 0.2) is 0 Å². The Labute approximate surface area is 166 Å². The van der Waals surface area contributed by atoms with Crippen LogP contribution in [0.5, 0.6) is 5.75 Å². The molecule has 0 spiro atoms. The highest BCUT2D eigenvalue weighted by Gasteiger charge is 2.48. The Hall–Kier alpha value is -2.82. The summed E-state index contributed by atoms with van der Waals surface area (Å²) in [6.07, 6.45) is 1.54. The molecule has 2 aromatic carbocycles. The number of hydrogen-bond donors (Lipinski definition) is 2. The number of benzene rings is 2. The molecule has 1 aliphatic rings. The van der Waals surface area contributed by atoms with Crippen LogP contribution in [-0.2, 0) is 16.0 Å². The summed E-state index contributed by atoms with van der Waals surface area (Å²) in [6, 6.07) is 13.3. The molecule has 0 aromatic heterocycles. The van der Waals surface area contributed by atoms with Crippen LogP contribution in [0.25, 0.3) is 0 Å². The molecule has 2 N–H and O–H groups in total. The topological polar surface area (TPSA) is 67.4 Å². The molecule has 0 bridgehead atoms. The number of carbonyl (C=O) groups excluding carboxylic acids is 2. The van der Waals surface area contributed by atoms with Gasteiger partial charge in [-0.1, -0.05) is 25.1 Å². The third kappa shape index (κ3) is 4.71. The van der Waals surface area contributed by atoms with Crippen molar-refractivity contribution in [1.82, 2.24) is 0 Å². The number of aryl methyl sites for hydroxylation is 2. The molecule has 148 valence electrons. The van der Waals surface area contributed by atoms with Gasteiger partial charge in [0.2, 0.25) is 11.8 Å². The van der Waals surface area contributed by atoms with Crippen molar-refractivity contribution in [3.8, 4) is 5.75 Å². The number of anilines is 2. The second kappa shape index (κ2) is 8.46. The molecular weight excluding hydrogens is 352 g/mol. The molecule has 1 fully saturated rings. The van der Waals surface area contributed by atoms with Crippen molar-refractivity contribution in [1.29, 1.82) is 0 Å². The van der Waals surface area contributed by atoms with Crippen molar-refractivity contribution in [3.63, 3.8) is 0 Å². The van der Waals surface area contributed by atoms with Crippen LogP contribution >= 0.6 is 0 Å². The van der Waals surface area contributed by atoms with Gasteiger partial charge in [0.25, 0.3) is 0 Å². The molecule has 28 heavy (non-hydrogen) atoms. The van der Waals surface area contributed by atoms with Crippen molar-refractivity contribution in [2.75, 3.05) is 10.6 Å². The highest BCUT2D eigenvalue weighted by molar-refractivity contribution is 6.03. The molecule has 1 aliphatic carbocycles. The fraction of sp³-hybridized carbons (Fsp3) is 0.391. The number of ether oxygens (including phenoxy) is 1. The molecule has 2 aromatic rings. The number of hydrogen-bond acceptors (Lipinski definition) is 3. The molecule has 2 unspecified atom stereocenters. The summed E-state index contributed by atoms with van der Waals surface area (Å²) in [6.45, 7) is 7.98. The first-order valence-corrected chi connectivity index (χ1v) is 9.86. The Bertz CT molecular complexity index is 859. The van der Waals surface area contributed by atoms with Crippen molar-refractivity contribution in [3.05, 3.63) is 53.6 Å². The van der Waals surface area contributed by atoms with E-state index < -0.39 is 0 Å². The van der Waals surface area contributed by atoms with Crippen LogP contribution in [0.1, 0.15) is 38.3 Å². The molecule has 0 radical (unpaired) electrons. The van der Waals surface area contributed by atoms with Gasteiger partial charge in [0, 0.05) is 11.4 Å². The minimum absolute atomic E-state index is 0.0789. The van der Waals surface area contributed by atoms with Crippen LogP contribution in [0.4, 0.5) is 11.4 Å². The van der Waals surface area contributed by atoms with Gasteiger partial charge in [0.1, 0.15) is 5.75 Å². The number of rotatable bonds is 7. The SMILES string of the molecule is CCc1cccc(C)c1NC(=O)C1CC1C(=O)Nc1ccc(OC(C)C)cc1. The summed E-state index contributed by atoms with van der Waals surface area (Å²) >= 11 is 0. The maximum Gasteiger partial charge on any atom is 0.228 e. The van der Waals surface area contributed by atoms with Crippen LogP contribution in [0.3, 0.4) is 0 Å². The molecule has 0 aliphatic heterocycles.